The van der Waals surface area contributed by atoms with Crippen LogP contribution in [0, 0.1) is 0 Å². The van der Waals surface area contributed by atoms with E-state index in [1.165, 1.54) is 0 Å². The number of hydrogen-bond donors (Lipinski definition) is 4. The summed E-state index contributed by atoms with van der Waals surface area (Å²) in [6, 6.07) is 4.35. The minimum Gasteiger partial charge on any atom is -0.397 e. The summed E-state index contributed by atoms with van der Waals surface area (Å²) in [4.78, 5) is 13.9. The monoisotopic (exact) mass is 299 g/mol. The number of β-amino-alcohol motifs (C(OH)–C–C–N with tert-alkyl or cyclic N) is 2. The molecule has 1 fully saturated rings. The Hall–Kier alpha value is -1.34. The number of aliphatic hydroxyl groups is 2. The molecular weight excluding hydrogens is 282 g/mol. The highest BCUT2D eigenvalue weighted by Crippen LogP contribution is 2.23. The maximum Gasteiger partial charge on any atom is 0.241 e. The number of amides is 1. The molecule has 0 saturated carbocycles. The lowest BCUT2D eigenvalue weighted by atomic mass is 10.2. The fourth-order valence-electron chi connectivity index (χ4n) is 2.15. The normalized spacial score (nSPS) is 24.6. The van der Waals surface area contributed by atoms with Crippen molar-refractivity contribution >= 4 is 28.9 Å². The van der Waals surface area contributed by atoms with Crippen LogP contribution in [0.5, 0.6) is 0 Å². The predicted molar refractivity (Wildman–Crippen MR) is 77.5 cm³/mol. The van der Waals surface area contributed by atoms with Gasteiger partial charge in [-0.1, -0.05) is 11.6 Å². The molecule has 1 heterocycles. The molecule has 0 aliphatic carbocycles. The number of halogens is 1. The van der Waals surface area contributed by atoms with Gasteiger partial charge in [-0.2, -0.15) is 0 Å². The molecular formula is C13H18ClN3O3. The summed E-state index contributed by atoms with van der Waals surface area (Å²) < 4.78 is 0. The Morgan fingerprint density at radius 3 is 2.65 bits per heavy atom. The van der Waals surface area contributed by atoms with Gasteiger partial charge >= 0.3 is 0 Å². The second kappa shape index (κ2) is 5.97. The molecule has 110 valence electrons. The van der Waals surface area contributed by atoms with Gasteiger partial charge in [-0.15, -0.1) is 0 Å². The molecule has 6 nitrogen and oxygen atoms in total. The number of nitrogens with zero attached hydrogens (tertiary/aromatic N) is 1. The van der Waals surface area contributed by atoms with Gasteiger partial charge in [0, 0.05) is 18.1 Å². The Labute approximate surface area is 122 Å². The van der Waals surface area contributed by atoms with Crippen LogP contribution in [0.1, 0.15) is 6.92 Å². The summed E-state index contributed by atoms with van der Waals surface area (Å²) in [5, 5.41) is 22.2. The van der Waals surface area contributed by atoms with Crippen molar-refractivity contribution in [1.82, 2.24) is 4.90 Å². The van der Waals surface area contributed by atoms with E-state index in [-0.39, 0.29) is 19.0 Å². The van der Waals surface area contributed by atoms with Gasteiger partial charge < -0.3 is 21.3 Å². The zero-order valence-electron chi connectivity index (χ0n) is 11.1. The van der Waals surface area contributed by atoms with E-state index in [1.54, 1.807) is 30.0 Å². The van der Waals surface area contributed by atoms with E-state index in [1.807, 2.05) is 0 Å². The number of carbonyl (C=O) groups excluding carboxylic acids is 1. The average molecular weight is 300 g/mol. The van der Waals surface area contributed by atoms with Crippen LogP contribution in [0.25, 0.3) is 0 Å². The molecule has 5 N–H and O–H groups in total. The topological polar surface area (TPSA) is 98.8 Å². The molecule has 0 spiro atoms. The number of carbonyl (C=O) groups is 1. The van der Waals surface area contributed by atoms with Crippen molar-refractivity contribution in [2.24, 2.45) is 0 Å². The van der Waals surface area contributed by atoms with Crippen molar-refractivity contribution in [3.05, 3.63) is 23.2 Å². The van der Waals surface area contributed by atoms with Crippen LogP contribution in [0.3, 0.4) is 0 Å². The molecule has 3 atom stereocenters. The fraction of sp³-hybridized carbons (Fsp3) is 0.462. The average Bonchev–Trinajstić information content (AvgIpc) is 2.73. The van der Waals surface area contributed by atoms with Gasteiger partial charge in [0.2, 0.25) is 5.91 Å². The first kappa shape index (κ1) is 15.1. The predicted octanol–water partition coefficient (Wildman–Crippen LogP) is 0.287. The molecule has 1 amide bonds. The summed E-state index contributed by atoms with van der Waals surface area (Å²) in [6.45, 7) is 2.24. The molecule has 1 aromatic rings. The lowest BCUT2D eigenvalue weighted by molar-refractivity contribution is -0.120. The van der Waals surface area contributed by atoms with E-state index in [0.717, 1.165) is 0 Å². The summed E-state index contributed by atoms with van der Waals surface area (Å²) in [6.07, 6.45) is -1.64. The highest BCUT2D eigenvalue weighted by molar-refractivity contribution is 6.31. The van der Waals surface area contributed by atoms with Crippen LogP contribution in [0.4, 0.5) is 11.4 Å². The number of rotatable bonds is 3. The molecule has 0 bridgehead atoms. The van der Waals surface area contributed by atoms with Gasteiger partial charge in [-0.25, -0.2) is 0 Å². The van der Waals surface area contributed by atoms with E-state index in [2.05, 4.69) is 5.32 Å². The van der Waals surface area contributed by atoms with Crippen molar-refractivity contribution in [1.29, 1.82) is 0 Å². The third-order valence-corrected chi connectivity index (χ3v) is 3.72. The number of aliphatic hydroxyl groups excluding tert-OH is 2. The summed E-state index contributed by atoms with van der Waals surface area (Å²) in [5.74, 6) is -0.264. The quantitative estimate of drug-likeness (QED) is 0.601. The standard InChI is InChI=1S/C13H18ClN3O3/c1-7(17-5-11(18)12(19)6-17)13(20)16-10-4-8(14)2-3-9(10)15/h2-4,7,11-12,18-19H,5-6,15H2,1H3,(H,16,20). The van der Waals surface area contributed by atoms with Crippen molar-refractivity contribution in [3.63, 3.8) is 0 Å². The van der Waals surface area contributed by atoms with Gasteiger partial charge in [0.1, 0.15) is 0 Å². The third-order valence-electron chi connectivity index (χ3n) is 3.49. The number of likely N-dealkylation sites (tertiary alicyclic amines) is 1. The highest BCUT2D eigenvalue weighted by Gasteiger charge is 2.34. The second-order valence-electron chi connectivity index (χ2n) is 4.99. The number of anilines is 2. The van der Waals surface area contributed by atoms with Crippen molar-refractivity contribution in [2.45, 2.75) is 25.2 Å². The van der Waals surface area contributed by atoms with Crippen molar-refractivity contribution < 1.29 is 15.0 Å². The minimum absolute atomic E-state index is 0.264. The van der Waals surface area contributed by atoms with E-state index >= 15 is 0 Å². The van der Waals surface area contributed by atoms with Crippen molar-refractivity contribution in [2.75, 3.05) is 24.1 Å². The number of nitrogens with two attached hydrogens (primary N) is 1. The molecule has 0 aromatic heterocycles. The van der Waals surface area contributed by atoms with Crippen LogP contribution < -0.4 is 11.1 Å². The second-order valence-corrected chi connectivity index (χ2v) is 5.42. The van der Waals surface area contributed by atoms with Gasteiger partial charge in [0.15, 0.2) is 0 Å². The van der Waals surface area contributed by atoms with Crippen LogP contribution in [-0.4, -0.2) is 52.4 Å². The fourth-order valence-corrected chi connectivity index (χ4v) is 2.33. The van der Waals surface area contributed by atoms with E-state index in [0.29, 0.717) is 16.4 Å². The van der Waals surface area contributed by atoms with Crippen LogP contribution >= 0.6 is 11.6 Å². The Kier molecular flexibility index (Phi) is 4.49. The van der Waals surface area contributed by atoms with Crippen LogP contribution in [-0.2, 0) is 4.79 Å². The van der Waals surface area contributed by atoms with Crippen LogP contribution in [0.15, 0.2) is 18.2 Å². The molecule has 0 radical (unpaired) electrons. The summed E-state index contributed by atoms with van der Waals surface area (Å²) in [5.41, 5.74) is 6.65. The lowest BCUT2D eigenvalue weighted by Crippen LogP contribution is -2.41. The summed E-state index contributed by atoms with van der Waals surface area (Å²) >= 11 is 5.86. The minimum atomic E-state index is -0.818. The first-order valence-corrected chi connectivity index (χ1v) is 6.72. The Bertz CT molecular complexity index is 502. The molecule has 1 saturated heterocycles. The number of nitrogen functional groups attached to an aromatic ring is 1. The van der Waals surface area contributed by atoms with Gasteiger partial charge in [-0.3, -0.25) is 9.69 Å². The maximum atomic E-state index is 12.2. The first-order chi connectivity index (χ1) is 9.38. The van der Waals surface area contributed by atoms with E-state index in [4.69, 9.17) is 17.3 Å². The highest BCUT2D eigenvalue weighted by atomic mass is 35.5. The molecule has 1 aromatic carbocycles. The third kappa shape index (κ3) is 3.21. The van der Waals surface area contributed by atoms with E-state index in [9.17, 15) is 15.0 Å². The van der Waals surface area contributed by atoms with Gasteiger partial charge in [0.05, 0.1) is 29.6 Å². The Balaban J connectivity index is 2.03. The van der Waals surface area contributed by atoms with Crippen LogP contribution in [0.2, 0.25) is 5.02 Å². The number of hydrogen-bond acceptors (Lipinski definition) is 5. The zero-order chi connectivity index (χ0) is 14.9. The smallest absolute Gasteiger partial charge is 0.241 e. The van der Waals surface area contributed by atoms with E-state index < -0.39 is 18.2 Å². The Morgan fingerprint density at radius 2 is 2.05 bits per heavy atom. The summed E-state index contributed by atoms with van der Waals surface area (Å²) in [7, 11) is 0. The maximum absolute atomic E-state index is 12.2. The molecule has 2 rings (SSSR count). The largest absolute Gasteiger partial charge is 0.397 e. The number of benzene rings is 1. The molecule has 1 aliphatic heterocycles. The first-order valence-electron chi connectivity index (χ1n) is 6.34. The molecule has 1 aliphatic rings. The molecule has 3 unspecified atom stereocenters. The van der Waals surface area contributed by atoms with Gasteiger partial charge in [-0.05, 0) is 25.1 Å². The Morgan fingerprint density at radius 1 is 1.45 bits per heavy atom. The number of nitrogens with one attached hydrogen (secondary N) is 1. The zero-order valence-corrected chi connectivity index (χ0v) is 11.8. The van der Waals surface area contributed by atoms with Gasteiger partial charge in [0.25, 0.3) is 0 Å². The molecule has 20 heavy (non-hydrogen) atoms. The molecule has 7 heteroatoms. The lowest BCUT2D eigenvalue weighted by Gasteiger charge is -2.23. The van der Waals surface area contributed by atoms with Crippen molar-refractivity contribution in [3.8, 4) is 0 Å². The SMILES string of the molecule is CC(C(=O)Nc1cc(Cl)ccc1N)N1CC(O)C(O)C1.